The van der Waals surface area contributed by atoms with Gasteiger partial charge in [-0.15, -0.1) is 0 Å². The van der Waals surface area contributed by atoms with E-state index in [2.05, 4.69) is 5.32 Å². The predicted octanol–water partition coefficient (Wildman–Crippen LogP) is 3.93. The summed E-state index contributed by atoms with van der Waals surface area (Å²) in [5.41, 5.74) is 3.82. The summed E-state index contributed by atoms with van der Waals surface area (Å²) in [7, 11) is 0. The lowest BCUT2D eigenvalue weighted by molar-refractivity contribution is -0.121. The lowest BCUT2D eigenvalue weighted by atomic mass is 10.1. The molecule has 0 bridgehead atoms. The molecule has 1 unspecified atom stereocenters. The third kappa shape index (κ3) is 3.25. The van der Waals surface area contributed by atoms with Crippen LogP contribution in [0.4, 0.5) is 0 Å². The normalized spacial score (nSPS) is 14.2. The van der Waals surface area contributed by atoms with Crippen molar-refractivity contribution >= 4 is 16.9 Å². The van der Waals surface area contributed by atoms with Crippen LogP contribution >= 0.6 is 0 Å². The Kier molecular flexibility index (Phi) is 4.29. The molecule has 2 aromatic carbocycles. The molecular weight excluding hydrogens is 330 g/mol. The van der Waals surface area contributed by atoms with Gasteiger partial charge < -0.3 is 19.2 Å². The van der Waals surface area contributed by atoms with Crippen molar-refractivity contribution < 1.29 is 18.7 Å². The zero-order chi connectivity index (χ0) is 18.1. The largest absolute Gasteiger partial charge is 0.486 e. The number of carbonyl (C=O) groups excluding carboxylic acids is 1. The first kappa shape index (κ1) is 16.5. The molecule has 26 heavy (non-hydrogen) atoms. The van der Waals surface area contributed by atoms with Gasteiger partial charge in [0.1, 0.15) is 18.8 Å². The molecule has 134 valence electrons. The number of fused-ring (bicyclic) bond motifs is 2. The number of hydrogen-bond donors (Lipinski definition) is 1. The van der Waals surface area contributed by atoms with Gasteiger partial charge in [0.25, 0.3) is 0 Å². The molecule has 0 fully saturated rings. The van der Waals surface area contributed by atoms with Crippen LogP contribution in [0.3, 0.4) is 0 Å². The van der Waals surface area contributed by atoms with E-state index in [1.54, 1.807) is 6.26 Å². The van der Waals surface area contributed by atoms with Crippen molar-refractivity contribution in [1.29, 1.82) is 0 Å². The highest BCUT2D eigenvalue weighted by Crippen LogP contribution is 2.32. The van der Waals surface area contributed by atoms with Crippen LogP contribution in [0.5, 0.6) is 11.5 Å². The smallest absolute Gasteiger partial charge is 0.225 e. The number of carbonyl (C=O) groups is 1. The minimum atomic E-state index is -0.126. The van der Waals surface area contributed by atoms with Gasteiger partial charge in [0.2, 0.25) is 5.91 Å². The van der Waals surface area contributed by atoms with Crippen LogP contribution < -0.4 is 14.8 Å². The van der Waals surface area contributed by atoms with Gasteiger partial charge >= 0.3 is 0 Å². The van der Waals surface area contributed by atoms with Crippen LogP contribution in [-0.4, -0.2) is 19.1 Å². The van der Waals surface area contributed by atoms with E-state index < -0.39 is 0 Å². The zero-order valence-corrected chi connectivity index (χ0v) is 14.9. The van der Waals surface area contributed by atoms with Gasteiger partial charge in [0.15, 0.2) is 11.5 Å². The third-order valence-electron chi connectivity index (χ3n) is 4.61. The van der Waals surface area contributed by atoms with E-state index in [-0.39, 0.29) is 18.4 Å². The first-order chi connectivity index (χ1) is 12.6. The summed E-state index contributed by atoms with van der Waals surface area (Å²) in [6.07, 6.45) is 1.95. The van der Waals surface area contributed by atoms with Crippen molar-refractivity contribution in [2.45, 2.75) is 26.3 Å². The molecule has 0 saturated carbocycles. The number of hydrogen-bond acceptors (Lipinski definition) is 4. The Morgan fingerprint density at radius 1 is 1.12 bits per heavy atom. The summed E-state index contributed by atoms with van der Waals surface area (Å²) in [6.45, 7) is 5.09. The average Bonchev–Trinajstić information content (AvgIpc) is 3.02. The molecule has 5 heteroatoms. The fraction of sp³-hybridized carbons (Fsp3) is 0.286. The van der Waals surface area contributed by atoms with Crippen LogP contribution in [-0.2, 0) is 11.2 Å². The standard InChI is InChI=1S/C21H21NO4/c1-13-3-5-17-16(12-26-19(17)9-13)11-21(23)22-14(2)15-4-6-18-20(10-15)25-8-7-24-18/h3-6,9-10,12,14H,7-8,11H2,1-2H3,(H,22,23). The van der Waals surface area contributed by atoms with Crippen LogP contribution in [0.1, 0.15) is 29.7 Å². The van der Waals surface area contributed by atoms with E-state index in [1.807, 2.05) is 50.2 Å². The summed E-state index contributed by atoms with van der Waals surface area (Å²) in [6, 6.07) is 11.6. The van der Waals surface area contributed by atoms with Crippen molar-refractivity contribution in [3.05, 3.63) is 59.4 Å². The predicted molar refractivity (Wildman–Crippen MR) is 98.6 cm³/mol. The highest BCUT2D eigenvalue weighted by atomic mass is 16.6. The molecule has 1 aromatic heterocycles. The third-order valence-corrected chi connectivity index (χ3v) is 4.61. The molecule has 0 aliphatic carbocycles. The topological polar surface area (TPSA) is 60.7 Å². The summed E-state index contributed by atoms with van der Waals surface area (Å²) in [5, 5.41) is 4.02. The van der Waals surface area contributed by atoms with E-state index in [9.17, 15) is 4.79 Å². The van der Waals surface area contributed by atoms with E-state index >= 15 is 0 Å². The molecule has 1 aliphatic rings. The first-order valence-electron chi connectivity index (χ1n) is 8.76. The van der Waals surface area contributed by atoms with Gasteiger partial charge in [0.05, 0.1) is 18.7 Å². The molecule has 3 aromatic rings. The van der Waals surface area contributed by atoms with E-state index in [0.29, 0.717) is 13.2 Å². The molecule has 0 radical (unpaired) electrons. The van der Waals surface area contributed by atoms with Crippen LogP contribution in [0.2, 0.25) is 0 Å². The van der Waals surface area contributed by atoms with Crippen LogP contribution in [0, 0.1) is 6.92 Å². The van der Waals surface area contributed by atoms with Crippen molar-refractivity contribution in [3.63, 3.8) is 0 Å². The Morgan fingerprint density at radius 2 is 1.92 bits per heavy atom. The molecular formula is C21H21NO4. The number of amides is 1. The fourth-order valence-corrected chi connectivity index (χ4v) is 3.21. The Labute approximate surface area is 151 Å². The van der Waals surface area contributed by atoms with Gasteiger partial charge in [-0.05, 0) is 43.2 Å². The summed E-state index contributed by atoms with van der Waals surface area (Å²) in [4.78, 5) is 12.5. The van der Waals surface area contributed by atoms with Gasteiger partial charge in [-0.1, -0.05) is 18.2 Å². The van der Waals surface area contributed by atoms with E-state index in [4.69, 9.17) is 13.9 Å². The van der Waals surface area contributed by atoms with Crippen LogP contribution in [0.25, 0.3) is 11.0 Å². The van der Waals surface area contributed by atoms with Crippen molar-refractivity contribution in [2.24, 2.45) is 0 Å². The number of nitrogens with one attached hydrogen (secondary N) is 1. The molecule has 5 nitrogen and oxygen atoms in total. The van der Waals surface area contributed by atoms with Crippen molar-refractivity contribution in [2.75, 3.05) is 13.2 Å². The van der Waals surface area contributed by atoms with Crippen LogP contribution in [0.15, 0.2) is 47.1 Å². The Balaban J connectivity index is 1.45. The summed E-state index contributed by atoms with van der Waals surface area (Å²) < 4.78 is 16.7. The summed E-state index contributed by atoms with van der Waals surface area (Å²) >= 11 is 0. The van der Waals surface area contributed by atoms with Gasteiger partial charge in [0, 0.05) is 10.9 Å². The molecule has 1 amide bonds. The Morgan fingerprint density at radius 3 is 2.77 bits per heavy atom. The number of rotatable bonds is 4. The van der Waals surface area contributed by atoms with Gasteiger partial charge in [-0.3, -0.25) is 4.79 Å². The average molecular weight is 351 g/mol. The monoisotopic (exact) mass is 351 g/mol. The van der Waals surface area contributed by atoms with E-state index in [1.165, 1.54) is 0 Å². The summed E-state index contributed by atoms with van der Waals surface area (Å²) in [5.74, 6) is 1.43. The highest BCUT2D eigenvalue weighted by molar-refractivity contribution is 5.88. The maximum atomic E-state index is 12.5. The van der Waals surface area contributed by atoms with Crippen molar-refractivity contribution in [3.8, 4) is 11.5 Å². The number of benzene rings is 2. The Bertz CT molecular complexity index is 960. The highest BCUT2D eigenvalue weighted by Gasteiger charge is 2.17. The SMILES string of the molecule is Cc1ccc2c(CC(=O)NC(C)c3ccc4c(c3)OCCO4)coc2c1. The minimum absolute atomic E-state index is 0.0457. The second-order valence-corrected chi connectivity index (χ2v) is 6.63. The lowest BCUT2D eigenvalue weighted by Crippen LogP contribution is -2.28. The number of furan rings is 1. The number of ether oxygens (including phenoxy) is 2. The van der Waals surface area contributed by atoms with Gasteiger partial charge in [-0.2, -0.15) is 0 Å². The maximum Gasteiger partial charge on any atom is 0.225 e. The molecule has 1 aliphatic heterocycles. The number of aryl methyl sites for hydroxylation is 1. The molecule has 1 atom stereocenters. The van der Waals surface area contributed by atoms with Crippen molar-refractivity contribution in [1.82, 2.24) is 5.32 Å². The maximum absolute atomic E-state index is 12.5. The lowest BCUT2D eigenvalue weighted by Gasteiger charge is -2.21. The second-order valence-electron chi connectivity index (χ2n) is 6.63. The quantitative estimate of drug-likeness (QED) is 0.774. The first-order valence-corrected chi connectivity index (χ1v) is 8.76. The minimum Gasteiger partial charge on any atom is -0.486 e. The molecule has 4 rings (SSSR count). The van der Waals surface area contributed by atoms with E-state index in [0.717, 1.165) is 39.2 Å². The molecule has 2 heterocycles. The second kappa shape index (κ2) is 6.75. The Hall–Kier alpha value is -2.95. The zero-order valence-electron chi connectivity index (χ0n) is 14.9. The molecule has 0 saturated heterocycles. The molecule has 0 spiro atoms. The fourth-order valence-electron chi connectivity index (χ4n) is 3.21. The van der Waals surface area contributed by atoms with Gasteiger partial charge in [-0.25, -0.2) is 0 Å². The molecule has 1 N–H and O–H groups in total.